The standard InChI is InChI=1S/C18H18N2O3/c21-20(22)18-14-16(7-6-15-4-2-1-3-5-15)8-9-17(18)19-10-12-23-13-11-19/h1-9,14H,10-13H2/b7-6+. The number of nitro benzene ring substituents is 1. The molecule has 3 rings (SSSR count). The molecule has 23 heavy (non-hydrogen) atoms. The maximum Gasteiger partial charge on any atom is 0.293 e. The summed E-state index contributed by atoms with van der Waals surface area (Å²) in [5.41, 5.74) is 2.68. The third kappa shape index (κ3) is 3.76. The molecule has 5 nitrogen and oxygen atoms in total. The van der Waals surface area contributed by atoms with Crippen molar-refractivity contribution in [2.24, 2.45) is 0 Å². The Morgan fingerprint density at radius 1 is 1.00 bits per heavy atom. The number of morpholine rings is 1. The van der Waals surface area contributed by atoms with Crippen molar-refractivity contribution in [2.75, 3.05) is 31.2 Å². The summed E-state index contributed by atoms with van der Waals surface area (Å²) in [6, 6.07) is 15.2. The van der Waals surface area contributed by atoms with Gasteiger partial charge < -0.3 is 9.64 Å². The molecular weight excluding hydrogens is 292 g/mol. The first-order valence-corrected chi connectivity index (χ1v) is 7.58. The highest BCUT2D eigenvalue weighted by Crippen LogP contribution is 2.30. The third-order valence-electron chi connectivity index (χ3n) is 3.82. The van der Waals surface area contributed by atoms with Crippen molar-refractivity contribution in [3.63, 3.8) is 0 Å². The summed E-state index contributed by atoms with van der Waals surface area (Å²) in [5.74, 6) is 0. The van der Waals surface area contributed by atoms with E-state index in [-0.39, 0.29) is 10.6 Å². The Labute approximate surface area is 135 Å². The molecule has 0 aromatic heterocycles. The van der Waals surface area contributed by atoms with Gasteiger partial charge in [-0.25, -0.2) is 0 Å². The van der Waals surface area contributed by atoms with Crippen molar-refractivity contribution < 1.29 is 9.66 Å². The summed E-state index contributed by atoms with van der Waals surface area (Å²) in [5, 5.41) is 11.4. The summed E-state index contributed by atoms with van der Waals surface area (Å²) in [7, 11) is 0. The van der Waals surface area contributed by atoms with Gasteiger partial charge in [-0.2, -0.15) is 0 Å². The lowest BCUT2D eigenvalue weighted by atomic mass is 10.1. The van der Waals surface area contributed by atoms with E-state index in [1.165, 1.54) is 0 Å². The van der Waals surface area contributed by atoms with Crippen molar-refractivity contribution >= 4 is 23.5 Å². The van der Waals surface area contributed by atoms with E-state index in [4.69, 9.17) is 4.74 Å². The fourth-order valence-corrected chi connectivity index (χ4v) is 2.62. The van der Waals surface area contributed by atoms with Crippen LogP contribution in [0.4, 0.5) is 11.4 Å². The van der Waals surface area contributed by atoms with Gasteiger partial charge in [-0.05, 0) is 17.2 Å². The topological polar surface area (TPSA) is 55.6 Å². The molecule has 0 amide bonds. The lowest BCUT2D eigenvalue weighted by Gasteiger charge is -2.28. The number of nitrogens with zero attached hydrogens (tertiary/aromatic N) is 2. The van der Waals surface area contributed by atoms with E-state index in [9.17, 15) is 10.1 Å². The van der Waals surface area contributed by atoms with Gasteiger partial charge in [0.05, 0.1) is 18.1 Å². The normalized spacial score (nSPS) is 15.0. The van der Waals surface area contributed by atoms with Crippen LogP contribution in [0.15, 0.2) is 48.5 Å². The lowest BCUT2D eigenvalue weighted by Crippen LogP contribution is -2.36. The summed E-state index contributed by atoms with van der Waals surface area (Å²) in [6.45, 7) is 2.57. The Bertz CT molecular complexity index is 707. The molecule has 1 aliphatic heterocycles. The molecule has 0 radical (unpaired) electrons. The van der Waals surface area contributed by atoms with Crippen LogP contribution in [-0.2, 0) is 4.74 Å². The molecule has 0 saturated carbocycles. The Kier molecular flexibility index (Phi) is 4.68. The quantitative estimate of drug-likeness (QED) is 0.492. The minimum absolute atomic E-state index is 0.141. The highest BCUT2D eigenvalue weighted by molar-refractivity contribution is 5.74. The number of ether oxygens (including phenoxy) is 1. The van der Waals surface area contributed by atoms with Gasteiger partial charge in [-0.3, -0.25) is 10.1 Å². The largest absolute Gasteiger partial charge is 0.378 e. The predicted molar refractivity (Wildman–Crippen MR) is 91.5 cm³/mol. The molecule has 1 heterocycles. The van der Waals surface area contributed by atoms with E-state index < -0.39 is 0 Å². The van der Waals surface area contributed by atoms with Gasteiger partial charge in [0.15, 0.2) is 0 Å². The second kappa shape index (κ2) is 7.07. The molecule has 2 aromatic carbocycles. The highest BCUT2D eigenvalue weighted by Gasteiger charge is 2.21. The van der Waals surface area contributed by atoms with Crippen LogP contribution in [0.25, 0.3) is 12.2 Å². The van der Waals surface area contributed by atoms with Crippen LogP contribution in [0, 0.1) is 10.1 Å². The summed E-state index contributed by atoms with van der Waals surface area (Å²) in [6.07, 6.45) is 3.85. The first kappa shape index (κ1) is 15.2. The molecule has 0 N–H and O–H groups in total. The number of hydrogen-bond acceptors (Lipinski definition) is 4. The highest BCUT2D eigenvalue weighted by atomic mass is 16.6. The second-order valence-electron chi connectivity index (χ2n) is 5.35. The maximum absolute atomic E-state index is 11.4. The Morgan fingerprint density at radius 2 is 1.70 bits per heavy atom. The summed E-state index contributed by atoms with van der Waals surface area (Å²) < 4.78 is 5.31. The number of rotatable bonds is 4. The van der Waals surface area contributed by atoms with Crippen molar-refractivity contribution in [1.82, 2.24) is 0 Å². The molecule has 1 fully saturated rings. The monoisotopic (exact) mass is 310 g/mol. The molecule has 5 heteroatoms. The van der Waals surface area contributed by atoms with E-state index in [2.05, 4.69) is 0 Å². The van der Waals surface area contributed by atoms with Gasteiger partial charge in [0.1, 0.15) is 5.69 Å². The van der Waals surface area contributed by atoms with E-state index >= 15 is 0 Å². The average molecular weight is 310 g/mol. The number of benzene rings is 2. The molecule has 0 aliphatic carbocycles. The van der Waals surface area contributed by atoms with Crippen LogP contribution < -0.4 is 4.90 Å². The number of anilines is 1. The zero-order valence-electron chi connectivity index (χ0n) is 12.7. The molecule has 0 unspecified atom stereocenters. The van der Waals surface area contributed by atoms with Crippen molar-refractivity contribution in [3.8, 4) is 0 Å². The van der Waals surface area contributed by atoms with Gasteiger partial charge >= 0.3 is 0 Å². The molecular formula is C18H18N2O3. The van der Waals surface area contributed by atoms with Gasteiger partial charge in [0.2, 0.25) is 0 Å². The van der Waals surface area contributed by atoms with E-state index in [0.29, 0.717) is 32.0 Å². The van der Waals surface area contributed by atoms with Crippen LogP contribution in [-0.4, -0.2) is 31.2 Å². The van der Waals surface area contributed by atoms with Gasteiger partial charge in [0, 0.05) is 19.2 Å². The fourth-order valence-electron chi connectivity index (χ4n) is 2.62. The number of nitro groups is 1. The molecule has 1 saturated heterocycles. The summed E-state index contributed by atoms with van der Waals surface area (Å²) >= 11 is 0. The lowest BCUT2D eigenvalue weighted by molar-refractivity contribution is -0.384. The van der Waals surface area contributed by atoms with Crippen LogP contribution in [0.5, 0.6) is 0 Å². The third-order valence-corrected chi connectivity index (χ3v) is 3.82. The molecule has 118 valence electrons. The van der Waals surface area contributed by atoms with Crippen molar-refractivity contribution in [3.05, 3.63) is 69.8 Å². The minimum Gasteiger partial charge on any atom is -0.378 e. The van der Waals surface area contributed by atoms with Gasteiger partial charge in [-0.1, -0.05) is 48.6 Å². The Morgan fingerprint density at radius 3 is 2.39 bits per heavy atom. The van der Waals surface area contributed by atoms with E-state index in [1.807, 2.05) is 59.5 Å². The van der Waals surface area contributed by atoms with Gasteiger partial charge in [0.25, 0.3) is 5.69 Å². The minimum atomic E-state index is -0.315. The van der Waals surface area contributed by atoms with E-state index in [0.717, 1.165) is 11.1 Å². The predicted octanol–water partition coefficient (Wildman–Crippen LogP) is 3.60. The average Bonchev–Trinajstić information content (AvgIpc) is 2.61. The van der Waals surface area contributed by atoms with Crippen molar-refractivity contribution in [1.29, 1.82) is 0 Å². The van der Waals surface area contributed by atoms with Crippen LogP contribution in [0.2, 0.25) is 0 Å². The maximum atomic E-state index is 11.4. The second-order valence-corrected chi connectivity index (χ2v) is 5.35. The number of hydrogen-bond donors (Lipinski definition) is 0. The van der Waals surface area contributed by atoms with Crippen LogP contribution in [0.1, 0.15) is 11.1 Å². The molecule has 0 spiro atoms. The van der Waals surface area contributed by atoms with E-state index in [1.54, 1.807) is 6.07 Å². The molecule has 2 aromatic rings. The van der Waals surface area contributed by atoms with Gasteiger partial charge in [-0.15, -0.1) is 0 Å². The Hall–Kier alpha value is -2.66. The smallest absolute Gasteiger partial charge is 0.293 e. The summed E-state index contributed by atoms with van der Waals surface area (Å²) in [4.78, 5) is 13.1. The Balaban J connectivity index is 1.87. The molecule has 0 atom stereocenters. The van der Waals surface area contributed by atoms with Crippen LogP contribution >= 0.6 is 0 Å². The fraction of sp³-hybridized carbons (Fsp3) is 0.222. The first-order chi connectivity index (χ1) is 11.2. The molecule has 0 bridgehead atoms. The zero-order valence-corrected chi connectivity index (χ0v) is 12.7. The van der Waals surface area contributed by atoms with Crippen molar-refractivity contribution in [2.45, 2.75) is 0 Å². The molecule has 1 aliphatic rings. The first-order valence-electron chi connectivity index (χ1n) is 7.58. The SMILES string of the molecule is O=[N+]([O-])c1cc(/C=C/c2ccccc2)ccc1N1CCOCC1. The zero-order chi connectivity index (χ0) is 16.1. The van der Waals surface area contributed by atoms with Crippen LogP contribution in [0.3, 0.4) is 0 Å².